The van der Waals surface area contributed by atoms with Gasteiger partial charge in [0.25, 0.3) is 11.1 Å². The summed E-state index contributed by atoms with van der Waals surface area (Å²) in [6.45, 7) is 6.35. The topological polar surface area (TPSA) is 113 Å². The molecule has 35 heavy (non-hydrogen) atoms. The van der Waals surface area contributed by atoms with E-state index in [0.29, 0.717) is 18.7 Å². The van der Waals surface area contributed by atoms with Gasteiger partial charge in [-0.2, -0.15) is 4.98 Å². The van der Waals surface area contributed by atoms with Gasteiger partial charge in [0.1, 0.15) is 5.75 Å². The molecule has 4 aromatic rings. The zero-order valence-electron chi connectivity index (χ0n) is 20.6. The summed E-state index contributed by atoms with van der Waals surface area (Å²) >= 11 is 0. The lowest BCUT2D eigenvalue weighted by Crippen LogP contribution is -2.41. The van der Waals surface area contributed by atoms with Crippen LogP contribution in [0.2, 0.25) is 0 Å². The second-order valence-electron chi connectivity index (χ2n) is 8.71. The largest absolute Gasteiger partial charge is 0.497 e. The first-order chi connectivity index (χ1) is 16.8. The van der Waals surface area contributed by atoms with E-state index in [2.05, 4.69) is 4.98 Å². The fourth-order valence-electron chi connectivity index (χ4n) is 4.25. The fraction of sp³-hybridized carbons (Fsp3) is 0.440. The lowest BCUT2D eigenvalue weighted by molar-refractivity contribution is 0.412. The summed E-state index contributed by atoms with van der Waals surface area (Å²) in [6, 6.07) is 7.30. The van der Waals surface area contributed by atoms with Crippen LogP contribution in [-0.4, -0.2) is 35.3 Å². The number of benzene rings is 1. The van der Waals surface area contributed by atoms with Crippen molar-refractivity contribution in [1.82, 2.24) is 23.1 Å². The predicted molar refractivity (Wildman–Crippen MR) is 134 cm³/mol. The van der Waals surface area contributed by atoms with Crippen molar-refractivity contribution in [3.05, 3.63) is 66.6 Å². The standard InChI is InChI=1S/C25H31N5O5/c1-5-7-13-27-20-19(23(33)28(25(27)34)14-8-6-2)30-22(32)16(3)21(31)29(24(30)26-20)15-17-9-11-18(35-4)12-10-17/h9-12,31H,5-8,13-15H2,1-4H3. The van der Waals surface area contributed by atoms with Crippen LogP contribution < -0.4 is 21.5 Å². The number of aromatic hydroxyl groups is 1. The molecular weight excluding hydrogens is 450 g/mol. The summed E-state index contributed by atoms with van der Waals surface area (Å²) in [4.78, 5) is 44.7. The molecule has 0 aliphatic carbocycles. The number of methoxy groups -OCH3 is 1. The third-order valence-corrected chi connectivity index (χ3v) is 6.33. The Morgan fingerprint density at radius 2 is 1.54 bits per heavy atom. The second-order valence-corrected chi connectivity index (χ2v) is 8.71. The summed E-state index contributed by atoms with van der Waals surface area (Å²) in [5, 5.41) is 10.9. The van der Waals surface area contributed by atoms with E-state index < -0.39 is 16.8 Å². The van der Waals surface area contributed by atoms with Gasteiger partial charge in [-0.25, -0.2) is 9.20 Å². The molecule has 10 nitrogen and oxygen atoms in total. The van der Waals surface area contributed by atoms with Crippen LogP contribution in [0.25, 0.3) is 16.9 Å². The van der Waals surface area contributed by atoms with Crippen LogP contribution in [0.5, 0.6) is 11.6 Å². The molecule has 1 aromatic carbocycles. The number of nitrogens with zero attached hydrogens (tertiary/aromatic N) is 5. The van der Waals surface area contributed by atoms with E-state index in [1.165, 1.54) is 25.0 Å². The Labute approximate surface area is 201 Å². The van der Waals surface area contributed by atoms with Crippen LogP contribution >= 0.6 is 0 Å². The molecule has 0 amide bonds. The Hall–Kier alpha value is -3.82. The predicted octanol–water partition coefficient (Wildman–Crippen LogP) is 2.64. The number of aromatic nitrogens is 5. The second kappa shape index (κ2) is 9.81. The molecule has 0 aliphatic heterocycles. The first-order valence-electron chi connectivity index (χ1n) is 11.9. The fourth-order valence-corrected chi connectivity index (χ4v) is 4.25. The number of hydrogen-bond acceptors (Lipinski definition) is 6. The molecule has 0 spiro atoms. The summed E-state index contributed by atoms with van der Waals surface area (Å²) < 4.78 is 10.6. The third kappa shape index (κ3) is 4.13. The summed E-state index contributed by atoms with van der Waals surface area (Å²) in [6.07, 6.45) is 3.04. The van der Waals surface area contributed by atoms with E-state index in [0.717, 1.165) is 24.8 Å². The van der Waals surface area contributed by atoms with Crippen LogP contribution in [0.4, 0.5) is 0 Å². The minimum absolute atomic E-state index is 0.0587. The molecule has 0 fully saturated rings. The van der Waals surface area contributed by atoms with Crippen LogP contribution in [-0.2, 0) is 19.6 Å². The maximum Gasteiger partial charge on any atom is 0.332 e. The molecule has 3 aromatic heterocycles. The van der Waals surface area contributed by atoms with Gasteiger partial charge in [0.05, 0.1) is 19.2 Å². The first-order valence-corrected chi connectivity index (χ1v) is 11.9. The van der Waals surface area contributed by atoms with Gasteiger partial charge in [-0.05, 0) is 37.5 Å². The lowest BCUT2D eigenvalue weighted by Gasteiger charge is -2.13. The molecule has 4 rings (SSSR count). The van der Waals surface area contributed by atoms with Crippen molar-refractivity contribution >= 4 is 16.9 Å². The molecule has 0 radical (unpaired) electrons. The SMILES string of the molecule is CCCCn1c(=O)c2c(nc3n(Cc4ccc(OC)cc4)c(O)c(C)c(=O)n23)n(CCCC)c1=O. The number of fused-ring (bicyclic) bond motifs is 3. The Balaban J connectivity index is 2.07. The molecular formula is C25H31N5O5. The highest BCUT2D eigenvalue weighted by molar-refractivity contribution is 5.75. The lowest BCUT2D eigenvalue weighted by atomic mass is 10.2. The molecule has 0 bridgehead atoms. The number of aryl methyl sites for hydroxylation is 1. The van der Waals surface area contributed by atoms with Crippen molar-refractivity contribution in [2.75, 3.05) is 7.11 Å². The first kappa shape index (κ1) is 24.3. The molecule has 186 valence electrons. The van der Waals surface area contributed by atoms with Crippen LogP contribution in [0.3, 0.4) is 0 Å². The van der Waals surface area contributed by atoms with Gasteiger partial charge in [-0.1, -0.05) is 38.8 Å². The Kier molecular flexibility index (Phi) is 6.81. The molecule has 0 atom stereocenters. The Morgan fingerprint density at radius 3 is 2.14 bits per heavy atom. The van der Waals surface area contributed by atoms with E-state index in [4.69, 9.17) is 4.74 Å². The average Bonchev–Trinajstić information content (AvgIpc) is 3.26. The monoisotopic (exact) mass is 481 g/mol. The van der Waals surface area contributed by atoms with Crippen LogP contribution in [0, 0.1) is 6.92 Å². The van der Waals surface area contributed by atoms with Crippen molar-refractivity contribution in [3.63, 3.8) is 0 Å². The number of hydrogen-bond donors (Lipinski definition) is 1. The van der Waals surface area contributed by atoms with E-state index in [-0.39, 0.29) is 41.5 Å². The van der Waals surface area contributed by atoms with Crippen molar-refractivity contribution in [1.29, 1.82) is 0 Å². The van der Waals surface area contributed by atoms with Gasteiger partial charge >= 0.3 is 5.69 Å². The van der Waals surface area contributed by atoms with Gasteiger partial charge in [-0.3, -0.25) is 23.3 Å². The summed E-state index contributed by atoms with van der Waals surface area (Å²) in [5.74, 6) is 0.569. The zero-order chi connectivity index (χ0) is 25.3. The number of imidazole rings is 1. The molecule has 3 heterocycles. The highest BCUT2D eigenvalue weighted by atomic mass is 16.5. The van der Waals surface area contributed by atoms with E-state index >= 15 is 0 Å². The van der Waals surface area contributed by atoms with E-state index in [1.807, 2.05) is 26.0 Å². The number of unbranched alkanes of at least 4 members (excludes halogenated alkanes) is 2. The van der Waals surface area contributed by atoms with Crippen molar-refractivity contribution < 1.29 is 9.84 Å². The van der Waals surface area contributed by atoms with Gasteiger partial charge in [0.15, 0.2) is 11.2 Å². The highest BCUT2D eigenvalue weighted by Crippen LogP contribution is 2.22. The quantitative estimate of drug-likeness (QED) is 0.393. The number of ether oxygens (including phenoxy) is 1. The van der Waals surface area contributed by atoms with Gasteiger partial charge in [0, 0.05) is 13.1 Å². The molecule has 0 unspecified atom stereocenters. The van der Waals surface area contributed by atoms with Crippen molar-refractivity contribution in [2.24, 2.45) is 0 Å². The van der Waals surface area contributed by atoms with E-state index in [1.54, 1.807) is 19.2 Å². The van der Waals surface area contributed by atoms with Crippen LogP contribution in [0.1, 0.15) is 50.7 Å². The minimum atomic E-state index is -0.545. The van der Waals surface area contributed by atoms with Crippen molar-refractivity contribution in [2.45, 2.75) is 66.1 Å². The highest BCUT2D eigenvalue weighted by Gasteiger charge is 2.24. The molecule has 0 saturated carbocycles. The Bertz CT molecular complexity index is 1560. The molecule has 0 saturated heterocycles. The van der Waals surface area contributed by atoms with Crippen molar-refractivity contribution in [3.8, 4) is 11.6 Å². The zero-order valence-corrected chi connectivity index (χ0v) is 20.6. The number of rotatable bonds is 9. The van der Waals surface area contributed by atoms with E-state index in [9.17, 15) is 19.5 Å². The van der Waals surface area contributed by atoms with Gasteiger partial charge in [0.2, 0.25) is 11.7 Å². The van der Waals surface area contributed by atoms with Gasteiger partial charge in [-0.15, -0.1) is 0 Å². The minimum Gasteiger partial charge on any atom is -0.497 e. The molecule has 1 N–H and O–H groups in total. The van der Waals surface area contributed by atoms with Gasteiger partial charge < -0.3 is 9.84 Å². The smallest absolute Gasteiger partial charge is 0.332 e. The van der Waals surface area contributed by atoms with Crippen LogP contribution in [0.15, 0.2) is 38.6 Å². The maximum atomic E-state index is 13.5. The summed E-state index contributed by atoms with van der Waals surface area (Å²) in [5.41, 5.74) is -0.362. The maximum absolute atomic E-state index is 13.5. The molecule has 10 heteroatoms. The third-order valence-electron chi connectivity index (χ3n) is 6.33. The normalized spacial score (nSPS) is 11.5. The average molecular weight is 482 g/mol. The summed E-state index contributed by atoms with van der Waals surface area (Å²) in [7, 11) is 1.58. The Morgan fingerprint density at radius 1 is 0.914 bits per heavy atom. The molecule has 0 aliphatic rings.